The number of para-hydroxylation sites is 1. The number of halogens is 1. The van der Waals surface area contributed by atoms with E-state index in [4.69, 9.17) is 0 Å². The van der Waals surface area contributed by atoms with Crippen LogP contribution in [0.15, 0.2) is 40.0 Å². The summed E-state index contributed by atoms with van der Waals surface area (Å²) < 4.78 is 30.0. The van der Waals surface area contributed by atoms with Crippen LogP contribution in [-0.4, -0.2) is 29.7 Å². The second-order valence-corrected chi connectivity index (χ2v) is 8.25. The summed E-state index contributed by atoms with van der Waals surface area (Å²) in [6.07, 6.45) is 1.88. The fourth-order valence-electron chi connectivity index (χ4n) is 1.98. The van der Waals surface area contributed by atoms with E-state index in [-0.39, 0.29) is 4.90 Å². The molecule has 0 saturated heterocycles. The number of nitrogens with zero attached hydrogens (tertiary/aromatic N) is 3. The minimum atomic E-state index is -3.57. The van der Waals surface area contributed by atoms with Crippen molar-refractivity contribution in [2.45, 2.75) is 11.3 Å². The first-order valence-electron chi connectivity index (χ1n) is 6.49. The maximum Gasteiger partial charge on any atom is 0.244 e. The van der Waals surface area contributed by atoms with Crippen molar-refractivity contribution in [3.63, 3.8) is 0 Å². The zero-order chi connectivity index (χ0) is 15.7. The number of aromatic nitrogens is 3. The maximum atomic E-state index is 12.2. The van der Waals surface area contributed by atoms with Gasteiger partial charge in [-0.25, -0.2) is 18.1 Å². The molecule has 0 amide bonds. The van der Waals surface area contributed by atoms with Gasteiger partial charge in [0.15, 0.2) is 0 Å². The SMILES string of the molecule is Cn1ncc(S(=O)(=O)NCCc2nc3ccccc3s2)c1Br. The fraction of sp³-hybridized carbons (Fsp3) is 0.231. The third-order valence-corrected chi connectivity index (χ3v) is 6.86. The number of sulfonamides is 1. The van der Waals surface area contributed by atoms with Gasteiger partial charge in [0.2, 0.25) is 10.0 Å². The number of aryl methyl sites for hydroxylation is 1. The normalized spacial score (nSPS) is 12.1. The standard InChI is InChI=1S/C13H13BrN4O2S2/c1-18-13(14)11(8-15-18)22(19,20)16-7-6-12-17-9-4-2-3-5-10(9)21-12/h2-5,8,16H,6-7H2,1H3. The van der Waals surface area contributed by atoms with Gasteiger partial charge in [-0.05, 0) is 28.1 Å². The van der Waals surface area contributed by atoms with Gasteiger partial charge in [-0.1, -0.05) is 12.1 Å². The Bertz CT molecular complexity index is 884. The van der Waals surface area contributed by atoms with Crippen molar-refractivity contribution >= 4 is 47.5 Å². The van der Waals surface area contributed by atoms with E-state index in [1.165, 1.54) is 10.9 Å². The van der Waals surface area contributed by atoms with Crippen LogP contribution in [0.3, 0.4) is 0 Å². The molecule has 0 fully saturated rings. The van der Waals surface area contributed by atoms with Crippen LogP contribution in [0.1, 0.15) is 5.01 Å². The molecule has 0 atom stereocenters. The van der Waals surface area contributed by atoms with Crippen LogP contribution >= 0.6 is 27.3 Å². The van der Waals surface area contributed by atoms with Crippen LogP contribution in [0, 0.1) is 0 Å². The van der Waals surface area contributed by atoms with Gasteiger partial charge < -0.3 is 0 Å². The van der Waals surface area contributed by atoms with Gasteiger partial charge in [0.1, 0.15) is 9.50 Å². The molecule has 2 heterocycles. The molecule has 0 saturated carbocycles. The first-order valence-corrected chi connectivity index (χ1v) is 9.58. The number of benzene rings is 1. The molecule has 0 aliphatic carbocycles. The Labute approximate surface area is 140 Å². The van der Waals surface area contributed by atoms with Crippen molar-refractivity contribution in [1.82, 2.24) is 19.5 Å². The first-order chi connectivity index (χ1) is 10.5. The van der Waals surface area contributed by atoms with E-state index in [1.807, 2.05) is 24.3 Å². The lowest BCUT2D eigenvalue weighted by Gasteiger charge is -2.04. The van der Waals surface area contributed by atoms with Crippen LogP contribution in [0.25, 0.3) is 10.2 Å². The quantitative estimate of drug-likeness (QED) is 0.712. The monoisotopic (exact) mass is 400 g/mol. The summed E-state index contributed by atoms with van der Waals surface area (Å²) in [5.74, 6) is 0. The van der Waals surface area contributed by atoms with Crippen molar-refractivity contribution in [1.29, 1.82) is 0 Å². The summed E-state index contributed by atoms with van der Waals surface area (Å²) in [5, 5.41) is 4.83. The van der Waals surface area contributed by atoms with Crippen molar-refractivity contribution in [2.75, 3.05) is 6.54 Å². The van der Waals surface area contributed by atoms with E-state index in [2.05, 4.69) is 30.7 Å². The number of hydrogen-bond donors (Lipinski definition) is 1. The molecule has 116 valence electrons. The van der Waals surface area contributed by atoms with Gasteiger partial charge in [-0.3, -0.25) is 4.68 Å². The van der Waals surface area contributed by atoms with Crippen molar-refractivity contribution < 1.29 is 8.42 Å². The van der Waals surface area contributed by atoms with Gasteiger partial charge in [0.25, 0.3) is 0 Å². The molecule has 22 heavy (non-hydrogen) atoms. The third kappa shape index (κ3) is 3.07. The van der Waals surface area contributed by atoms with Crippen LogP contribution in [0.5, 0.6) is 0 Å². The molecule has 2 aromatic heterocycles. The average molecular weight is 401 g/mol. The summed E-state index contributed by atoms with van der Waals surface area (Å²) in [6.45, 7) is 0.295. The molecule has 0 aliphatic heterocycles. The third-order valence-electron chi connectivity index (χ3n) is 3.09. The second kappa shape index (κ2) is 6.07. The second-order valence-electron chi connectivity index (χ2n) is 4.65. The molecule has 3 aromatic rings. The zero-order valence-corrected chi connectivity index (χ0v) is 14.9. The Hall–Kier alpha value is -1.29. The molecule has 0 radical (unpaired) electrons. The Kier molecular flexibility index (Phi) is 4.31. The van der Waals surface area contributed by atoms with E-state index in [1.54, 1.807) is 18.4 Å². The molecular formula is C13H13BrN4O2S2. The van der Waals surface area contributed by atoms with Gasteiger partial charge in [0.05, 0.1) is 21.4 Å². The minimum absolute atomic E-state index is 0.138. The van der Waals surface area contributed by atoms with Crippen molar-refractivity contribution in [2.24, 2.45) is 7.05 Å². The number of fused-ring (bicyclic) bond motifs is 1. The fourth-order valence-corrected chi connectivity index (χ4v) is 4.85. The predicted octanol–water partition coefficient (Wildman–Crippen LogP) is 2.31. The maximum absolute atomic E-state index is 12.2. The molecule has 9 heteroatoms. The highest BCUT2D eigenvalue weighted by atomic mass is 79.9. The lowest BCUT2D eigenvalue weighted by Crippen LogP contribution is -2.26. The Balaban J connectivity index is 1.68. The highest BCUT2D eigenvalue weighted by Gasteiger charge is 2.20. The summed E-state index contributed by atoms with van der Waals surface area (Å²) >= 11 is 4.80. The molecule has 0 unspecified atom stereocenters. The number of hydrogen-bond acceptors (Lipinski definition) is 5. The first kappa shape index (κ1) is 15.6. The molecular weight excluding hydrogens is 388 g/mol. The summed E-state index contributed by atoms with van der Waals surface area (Å²) in [6, 6.07) is 7.86. The van der Waals surface area contributed by atoms with E-state index >= 15 is 0 Å². The van der Waals surface area contributed by atoms with E-state index in [0.717, 1.165) is 15.2 Å². The Morgan fingerprint density at radius 2 is 2.14 bits per heavy atom. The van der Waals surface area contributed by atoms with Gasteiger partial charge in [0, 0.05) is 20.0 Å². The van der Waals surface area contributed by atoms with E-state index in [9.17, 15) is 8.42 Å². The predicted molar refractivity (Wildman–Crippen MR) is 89.4 cm³/mol. The minimum Gasteiger partial charge on any atom is -0.260 e. The smallest absolute Gasteiger partial charge is 0.244 e. The van der Waals surface area contributed by atoms with Crippen molar-refractivity contribution in [3.05, 3.63) is 40.1 Å². The van der Waals surface area contributed by atoms with Crippen LogP contribution in [0.4, 0.5) is 0 Å². The summed E-state index contributed by atoms with van der Waals surface area (Å²) in [7, 11) is -1.90. The van der Waals surface area contributed by atoms with Gasteiger partial charge in [-0.15, -0.1) is 11.3 Å². The molecule has 3 rings (SSSR count). The molecule has 1 N–H and O–H groups in total. The Morgan fingerprint density at radius 3 is 2.82 bits per heavy atom. The van der Waals surface area contributed by atoms with Crippen LogP contribution < -0.4 is 4.72 Å². The number of thiazole rings is 1. The lowest BCUT2D eigenvalue weighted by molar-refractivity contribution is 0.580. The Morgan fingerprint density at radius 1 is 1.36 bits per heavy atom. The molecule has 0 spiro atoms. The summed E-state index contributed by atoms with van der Waals surface area (Å²) in [5.41, 5.74) is 0.945. The van der Waals surface area contributed by atoms with Crippen molar-refractivity contribution in [3.8, 4) is 0 Å². The van der Waals surface area contributed by atoms with Gasteiger partial charge in [-0.2, -0.15) is 5.10 Å². The van der Waals surface area contributed by atoms with E-state index in [0.29, 0.717) is 17.6 Å². The molecule has 0 aliphatic rings. The van der Waals surface area contributed by atoms with Crippen LogP contribution in [0.2, 0.25) is 0 Å². The summed E-state index contributed by atoms with van der Waals surface area (Å²) in [4.78, 5) is 4.62. The average Bonchev–Trinajstić information content (AvgIpc) is 3.03. The largest absolute Gasteiger partial charge is 0.260 e. The molecule has 6 nitrogen and oxygen atoms in total. The van der Waals surface area contributed by atoms with E-state index < -0.39 is 10.0 Å². The van der Waals surface area contributed by atoms with Gasteiger partial charge >= 0.3 is 0 Å². The number of nitrogens with one attached hydrogen (secondary N) is 1. The molecule has 1 aromatic carbocycles. The highest BCUT2D eigenvalue weighted by molar-refractivity contribution is 9.10. The topological polar surface area (TPSA) is 76.9 Å². The zero-order valence-electron chi connectivity index (χ0n) is 11.7. The van der Waals surface area contributed by atoms with Crippen LogP contribution in [-0.2, 0) is 23.5 Å². The number of rotatable bonds is 5. The molecule has 0 bridgehead atoms. The highest BCUT2D eigenvalue weighted by Crippen LogP contribution is 2.22. The lowest BCUT2D eigenvalue weighted by atomic mass is 10.3.